The van der Waals surface area contributed by atoms with Gasteiger partial charge in [-0.15, -0.1) is 0 Å². The third kappa shape index (κ3) is 3.78. The minimum atomic E-state index is 0.567. The summed E-state index contributed by atoms with van der Waals surface area (Å²) >= 11 is 15.3. The third-order valence-electron chi connectivity index (χ3n) is 2.63. The highest BCUT2D eigenvalue weighted by molar-refractivity contribution is 9.10. The maximum atomic E-state index is 5.98. The van der Waals surface area contributed by atoms with Crippen LogP contribution >= 0.6 is 39.1 Å². The first-order valence-corrected chi connectivity index (χ1v) is 7.16. The van der Waals surface area contributed by atoms with E-state index in [2.05, 4.69) is 21.2 Å². The van der Waals surface area contributed by atoms with Crippen LogP contribution in [0.15, 0.2) is 40.9 Å². The van der Waals surface area contributed by atoms with Crippen molar-refractivity contribution < 1.29 is 4.74 Å². The minimum Gasteiger partial charge on any atom is -0.496 e. The molecule has 100 valence electrons. The lowest BCUT2D eigenvalue weighted by atomic mass is 10.2. The standard InChI is InChI=1S/C14H12BrCl2NO/c1-19-14-5-3-10(7-11(14)15)18-8-9-2-4-12(16)13(17)6-9/h2-7,18H,8H2,1H3. The van der Waals surface area contributed by atoms with Gasteiger partial charge in [0, 0.05) is 12.2 Å². The Morgan fingerprint density at radius 2 is 1.89 bits per heavy atom. The molecule has 0 fully saturated rings. The molecule has 0 radical (unpaired) electrons. The van der Waals surface area contributed by atoms with Gasteiger partial charge in [0.05, 0.1) is 21.6 Å². The largest absolute Gasteiger partial charge is 0.496 e. The van der Waals surface area contributed by atoms with E-state index in [0.717, 1.165) is 21.5 Å². The topological polar surface area (TPSA) is 21.3 Å². The number of methoxy groups -OCH3 is 1. The quantitative estimate of drug-likeness (QED) is 0.790. The molecule has 0 saturated heterocycles. The van der Waals surface area contributed by atoms with Crippen molar-refractivity contribution in [3.63, 3.8) is 0 Å². The number of rotatable bonds is 4. The highest BCUT2D eigenvalue weighted by Crippen LogP contribution is 2.28. The molecule has 2 rings (SSSR count). The summed E-state index contributed by atoms with van der Waals surface area (Å²) in [7, 11) is 1.64. The van der Waals surface area contributed by atoms with Gasteiger partial charge in [0.2, 0.25) is 0 Å². The van der Waals surface area contributed by atoms with E-state index in [0.29, 0.717) is 16.6 Å². The number of ether oxygens (including phenoxy) is 1. The second-order valence-electron chi connectivity index (χ2n) is 3.95. The molecule has 0 bridgehead atoms. The summed E-state index contributed by atoms with van der Waals surface area (Å²) in [4.78, 5) is 0. The van der Waals surface area contributed by atoms with Gasteiger partial charge >= 0.3 is 0 Å². The maximum absolute atomic E-state index is 5.98. The molecule has 0 saturated carbocycles. The summed E-state index contributed by atoms with van der Waals surface area (Å²) in [6.07, 6.45) is 0. The molecule has 0 aromatic heterocycles. The van der Waals surface area contributed by atoms with Crippen molar-refractivity contribution in [1.29, 1.82) is 0 Å². The molecule has 0 amide bonds. The molecule has 2 aromatic carbocycles. The average Bonchev–Trinajstić information content (AvgIpc) is 2.40. The number of hydrogen-bond acceptors (Lipinski definition) is 2. The van der Waals surface area contributed by atoms with Crippen LogP contribution in [0.2, 0.25) is 10.0 Å². The zero-order valence-corrected chi connectivity index (χ0v) is 13.3. The lowest BCUT2D eigenvalue weighted by Crippen LogP contribution is -1.99. The molecule has 0 spiro atoms. The normalized spacial score (nSPS) is 10.3. The van der Waals surface area contributed by atoms with Crippen LogP contribution in [-0.4, -0.2) is 7.11 Å². The molecule has 19 heavy (non-hydrogen) atoms. The van der Waals surface area contributed by atoms with Crippen molar-refractivity contribution in [2.45, 2.75) is 6.54 Å². The monoisotopic (exact) mass is 359 g/mol. The third-order valence-corrected chi connectivity index (χ3v) is 3.99. The summed E-state index contributed by atoms with van der Waals surface area (Å²) in [5.74, 6) is 0.806. The Morgan fingerprint density at radius 3 is 2.53 bits per heavy atom. The maximum Gasteiger partial charge on any atom is 0.133 e. The number of benzene rings is 2. The van der Waals surface area contributed by atoms with Gasteiger partial charge in [0.1, 0.15) is 5.75 Å². The number of anilines is 1. The van der Waals surface area contributed by atoms with Gasteiger partial charge < -0.3 is 10.1 Å². The second kappa shape index (κ2) is 6.51. The first kappa shape index (κ1) is 14.5. The van der Waals surface area contributed by atoms with Crippen LogP contribution in [0.3, 0.4) is 0 Å². The van der Waals surface area contributed by atoms with Crippen molar-refractivity contribution >= 4 is 44.8 Å². The lowest BCUT2D eigenvalue weighted by Gasteiger charge is -2.09. The van der Waals surface area contributed by atoms with E-state index in [4.69, 9.17) is 27.9 Å². The van der Waals surface area contributed by atoms with Gasteiger partial charge in [-0.25, -0.2) is 0 Å². The van der Waals surface area contributed by atoms with Crippen molar-refractivity contribution in [1.82, 2.24) is 0 Å². The number of hydrogen-bond donors (Lipinski definition) is 1. The van der Waals surface area contributed by atoms with Crippen LogP contribution in [-0.2, 0) is 6.54 Å². The summed E-state index contributed by atoms with van der Waals surface area (Å²) < 4.78 is 6.10. The molecule has 0 heterocycles. The average molecular weight is 361 g/mol. The van der Waals surface area contributed by atoms with E-state index in [9.17, 15) is 0 Å². The van der Waals surface area contributed by atoms with Gasteiger partial charge in [-0.1, -0.05) is 29.3 Å². The first-order valence-electron chi connectivity index (χ1n) is 5.61. The Balaban J connectivity index is 2.05. The number of halogens is 3. The Labute approximate surface area is 130 Å². The molecule has 0 aliphatic carbocycles. The predicted octanol–water partition coefficient (Wildman–Crippen LogP) is 5.38. The van der Waals surface area contributed by atoms with Crippen molar-refractivity contribution in [3.8, 4) is 5.75 Å². The van der Waals surface area contributed by atoms with E-state index < -0.39 is 0 Å². The molecule has 2 nitrogen and oxygen atoms in total. The molecular weight excluding hydrogens is 349 g/mol. The molecule has 0 aliphatic rings. The van der Waals surface area contributed by atoms with Gasteiger partial charge in [0.25, 0.3) is 0 Å². The fourth-order valence-electron chi connectivity index (χ4n) is 1.63. The van der Waals surface area contributed by atoms with E-state index in [1.807, 2.05) is 30.3 Å². The van der Waals surface area contributed by atoms with Crippen molar-refractivity contribution in [2.75, 3.05) is 12.4 Å². The summed E-state index contributed by atoms with van der Waals surface area (Å²) in [6.45, 7) is 0.676. The molecule has 0 unspecified atom stereocenters. The van der Waals surface area contributed by atoms with Gasteiger partial charge in [-0.05, 0) is 51.8 Å². The smallest absolute Gasteiger partial charge is 0.133 e. The van der Waals surface area contributed by atoms with Crippen LogP contribution in [0, 0.1) is 0 Å². The van der Waals surface area contributed by atoms with Crippen molar-refractivity contribution in [3.05, 3.63) is 56.5 Å². The van der Waals surface area contributed by atoms with E-state index in [1.54, 1.807) is 13.2 Å². The predicted molar refractivity (Wildman–Crippen MR) is 84.5 cm³/mol. The van der Waals surface area contributed by atoms with Crippen LogP contribution in [0.5, 0.6) is 5.75 Å². The van der Waals surface area contributed by atoms with Gasteiger partial charge in [-0.2, -0.15) is 0 Å². The Kier molecular flexibility index (Phi) is 4.97. The fraction of sp³-hybridized carbons (Fsp3) is 0.143. The molecular formula is C14H12BrCl2NO. The molecule has 5 heteroatoms. The minimum absolute atomic E-state index is 0.567. The van der Waals surface area contributed by atoms with Crippen LogP contribution in [0.1, 0.15) is 5.56 Å². The molecule has 0 aliphatic heterocycles. The van der Waals surface area contributed by atoms with Gasteiger partial charge in [-0.3, -0.25) is 0 Å². The molecule has 1 N–H and O–H groups in total. The summed E-state index contributed by atoms with van der Waals surface area (Å²) in [6, 6.07) is 11.4. The van der Waals surface area contributed by atoms with Crippen molar-refractivity contribution in [2.24, 2.45) is 0 Å². The van der Waals surface area contributed by atoms with Gasteiger partial charge in [0.15, 0.2) is 0 Å². The van der Waals surface area contributed by atoms with Crippen LogP contribution < -0.4 is 10.1 Å². The van der Waals surface area contributed by atoms with Crippen LogP contribution in [0.25, 0.3) is 0 Å². The van der Waals surface area contributed by atoms with Crippen LogP contribution in [0.4, 0.5) is 5.69 Å². The highest BCUT2D eigenvalue weighted by Gasteiger charge is 2.02. The zero-order valence-electron chi connectivity index (χ0n) is 10.2. The second-order valence-corrected chi connectivity index (χ2v) is 5.62. The van der Waals surface area contributed by atoms with E-state index >= 15 is 0 Å². The van der Waals surface area contributed by atoms with E-state index in [1.165, 1.54) is 0 Å². The highest BCUT2D eigenvalue weighted by atomic mass is 79.9. The van der Waals surface area contributed by atoms with E-state index in [-0.39, 0.29) is 0 Å². The zero-order chi connectivity index (χ0) is 13.8. The Hall–Kier alpha value is -0.900. The first-order chi connectivity index (χ1) is 9.10. The lowest BCUT2D eigenvalue weighted by molar-refractivity contribution is 0.412. The molecule has 2 aromatic rings. The Morgan fingerprint density at radius 1 is 1.11 bits per heavy atom. The summed E-state index contributed by atoms with van der Waals surface area (Å²) in [5, 5.41) is 4.45. The SMILES string of the molecule is COc1ccc(NCc2ccc(Cl)c(Cl)c2)cc1Br. The number of nitrogens with one attached hydrogen (secondary N) is 1. The summed E-state index contributed by atoms with van der Waals surface area (Å²) in [5.41, 5.74) is 2.07. The fourth-order valence-corrected chi connectivity index (χ4v) is 2.49. The molecule has 0 atom stereocenters. The Bertz CT molecular complexity index is 590.